The Morgan fingerprint density at radius 1 is 1.29 bits per heavy atom. The molecule has 1 aromatic carbocycles. The largest absolute Gasteiger partial charge is 0.497 e. The van der Waals surface area contributed by atoms with E-state index in [-0.39, 0.29) is 29.6 Å². The SMILES string of the molecule is CCC(C)[C@@H](N)c1c(F)cc(OC)cc1F.Cl. The minimum atomic E-state index is -0.648. The molecule has 0 radical (unpaired) electrons. The molecular formula is C12H18ClF2NO. The van der Waals surface area contributed by atoms with Gasteiger partial charge in [-0.1, -0.05) is 20.3 Å². The second kappa shape index (κ2) is 6.77. The zero-order valence-electron chi connectivity index (χ0n) is 10.2. The first-order valence-electron chi connectivity index (χ1n) is 5.29. The molecule has 0 fully saturated rings. The first-order chi connectivity index (χ1) is 7.51. The molecule has 0 aliphatic rings. The van der Waals surface area contributed by atoms with E-state index in [0.717, 1.165) is 18.6 Å². The summed E-state index contributed by atoms with van der Waals surface area (Å²) in [7, 11) is 1.36. The van der Waals surface area contributed by atoms with Crippen molar-refractivity contribution >= 4 is 12.4 Å². The molecule has 5 heteroatoms. The van der Waals surface area contributed by atoms with Gasteiger partial charge in [0, 0.05) is 23.7 Å². The highest BCUT2D eigenvalue weighted by Gasteiger charge is 2.22. The van der Waals surface area contributed by atoms with Crippen molar-refractivity contribution in [1.82, 2.24) is 0 Å². The lowest BCUT2D eigenvalue weighted by Crippen LogP contribution is -2.21. The first-order valence-corrected chi connectivity index (χ1v) is 5.29. The van der Waals surface area contributed by atoms with Crippen LogP contribution in [-0.4, -0.2) is 7.11 Å². The van der Waals surface area contributed by atoms with Crippen LogP contribution >= 0.6 is 12.4 Å². The van der Waals surface area contributed by atoms with Crippen molar-refractivity contribution < 1.29 is 13.5 Å². The van der Waals surface area contributed by atoms with Crippen molar-refractivity contribution in [3.8, 4) is 5.75 Å². The summed E-state index contributed by atoms with van der Waals surface area (Å²) in [6, 6.07) is 1.68. The van der Waals surface area contributed by atoms with Gasteiger partial charge in [-0.25, -0.2) is 8.78 Å². The van der Waals surface area contributed by atoms with Crippen molar-refractivity contribution in [1.29, 1.82) is 0 Å². The molecule has 0 saturated heterocycles. The van der Waals surface area contributed by atoms with Crippen LogP contribution in [0.4, 0.5) is 8.78 Å². The van der Waals surface area contributed by atoms with Crippen molar-refractivity contribution in [2.24, 2.45) is 11.7 Å². The van der Waals surface area contributed by atoms with Crippen LogP contribution in [0.25, 0.3) is 0 Å². The van der Waals surface area contributed by atoms with Crippen LogP contribution in [0, 0.1) is 17.6 Å². The van der Waals surface area contributed by atoms with Gasteiger partial charge in [-0.15, -0.1) is 12.4 Å². The van der Waals surface area contributed by atoms with Gasteiger partial charge in [0.05, 0.1) is 7.11 Å². The van der Waals surface area contributed by atoms with Crippen LogP contribution in [-0.2, 0) is 0 Å². The molecule has 0 heterocycles. The fourth-order valence-corrected chi connectivity index (χ4v) is 1.54. The molecule has 98 valence electrons. The van der Waals surface area contributed by atoms with Crippen LogP contribution in [0.15, 0.2) is 12.1 Å². The summed E-state index contributed by atoms with van der Waals surface area (Å²) in [6.45, 7) is 3.80. The molecule has 0 amide bonds. The Balaban J connectivity index is 0.00000256. The number of methoxy groups -OCH3 is 1. The number of rotatable bonds is 4. The van der Waals surface area contributed by atoms with Gasteiger partial charge in [0.15, 0.2) is 0 Å². The molecule has 0 aliphatic heterocycles. The highest BCUT2D eigenvalue weighted by Crippen LogP contribution is 2.29. The molecule has 2 N–H and O–H groups in total. The van der Waals surface area contributed by atoms with E-state index in [0.29, 0.717) is 0 Å². The number of ether oxygens (including phenoxy) is 1. The van der Waals surface area contributed by atoms with Gasteiger partial charge in [0.25, 0.3) is 0 Å². The van der Waals surface area contributed by atoms with Crippen LogP contribution in [0.5, 0.6) is 5.75 Å². The molecule has 2 atom stereocenters. The molecule has 1 aromatic rings. The summed E-state index contributed by atoms with van der Waals surface area (Å²) in [6.07, 6.45) is 0.770. The van der Waals surface area contributed by atoms with Crippen LogP contribution in [0.3, 0.4) is 0 Å². The van der Waals surface area contributed by atoms with Crippen molar-refractivity contribution in [2.75, 3.05) is 7.11 Å². The predicted octanol–water partition coefficient (Wildman–Crippen LogP) is 3.44. The Kier molecular flexibility index (Phi) is 6.42. The van der Waals surface area contributed by atoms with Gasteiger partial charge in [-0.05, 0) is 5.92 Å². The molecule has 17 heavy (non-hydrogen) atoms. The number of nitrogens with two attached hydrogens (primary N) is 1. The fraction of sp³-hybridized carbons (Fsp3) is 0.500. The number of hydrogen-bond acceptors (Lipinski definition) is 2. The number of halogens is 3. The lowest BCUT2D eigenvalue weighted by Gasteiger charge is -2.20. The van der Waals surface area contributed by atoms with E-state index in [4.69, 9.17) is 10.5 Å². The number of benzene rings is 1. The van der Waals surface area contributed by atoms with Crippen LogP contribution in [0.2, 0.25) is 0 Å². The van der Waals surface area contributed by atoms with E-state index in [1.807, 2.05) is 13.8 Å². The van der Waals surface area contributed by atoms with Gasteiger partial charge in [0.2, 0.25) is 0 Å². The van der Waals surface area contributed by atoms with Gasteiger partial charge < -0.3 is 10.5 Å². The summed E-state index contributed by atoms with van der Waals surface area (Å²) >= 11 is 0. The maximum absolute atomic E-state index is 13.6. The summed E-state index contributed by atoms with van der Waals surface area (Å²) in [5.41, 5.74) is 5.76. The highest BCUT2D eigenvalue weighted by atomic mass is 35.5. The summed E-state index contributed by atoms with van der Waals surface area (Å²) in [5, 5.41) is 0. The van der Waals surface area contributed by atoms with Crippen molar-refractivity contribution in [2.45, 2.75) is 26.3 Å². The minimum Gasteiger partial charge on any atom is -0.497 e. The van der Waals surface area contributed by atoms with E-state index >= 15 is 0 Å². The molecule has 1 rings (SSSR count). The topological polar surface area (TPSA) is 35.2 Å². The quantitative estimate of drug-likeness (QED) is 0.905. The van der Waals surface area contributed by atoms with Crippen molar-refractivity contribution in [3.05, 3.63) is 29.3 Å². The third-order valence-corrected chi connectivity index (χ3v) is 2.88. The van der Waals surface area contributed by atoms with Gasteiger partial charge in [0.1, 0.15) is 17.4 Å². The van der Waals surface area contributed by atoms with E-state index in [9.17, 15) is 8.78 Å². The zero-order valence-corrected chi connectivity index (χ0v) is 11.0. The second-order valence-electron chi connectivity index (χ2n) is 3.92. The molecular weight excluding hydrogens is 248 g/mol. The minimum absolute atomic E-state index is 0. The van der Waals surface area contributed by atoms with E-state index < -0.39 is 17.7 Å². The number of hydrogen-bond donors (Lipinski definition) is 1. The Morgan fingerprint density at radius 2 is 1.76 bits per heavy atom. The molecule has 0 saturated carbocycles. The average Bonchev–Trinajstić information content (AvgIpc) is 2.26. The Labute approximate surface area is 107 Å². The van der Waals surface area contributed by atoms with Crippen LogP contribution in [0.1, 0.15) is 31.9 Å². The van der Waals surface area contributed by atoms with Gasteiger partial charge >= 0.3 is 0 Å². The van der Waals surface area contributed by atoms with E-state index in [1.165, 1.54) is 7.11 Å². The summed E-state index contributed by atoms with van der Waals surface area (Å²) < 4.78 is 32.1. The van der Waals surface area contributed by atoms with E-state index in [2.05, 4.69) is 0 Å². The summed E-state index contributed by atoms with van der Waals surface area (Å²) in [4.78, 5) is 0. The lowest BCUT2D eigenvalue weighted by atomic mass is 9.92. The fourth-order valence-electron chi connectivity index (χ4n) is 1.54. The Hall–Kier alpha value is -0.870. The molecule has 0 spiro atoms. The monoisotopic (exact) mass is 265 g/mol. The average molecular weight is 266 g/mol. The highest BCUT2D eigenvalue weighted by molar-refractivity contribution is 5.85. The lowest BCUT2D eigenvalue weighted by molar-refractivity contribution is 0.392. The Morgan fingerprint density at radius 3 is 2.12 bits per heavy atom. The van der Waals surface area contributed by atoms with Gasteiger partial charge in [-0.2, -0.15) is 0 Å². The zero-order chi connectivity index (χ0) is 12.3. The maximum Gasteiger partial charge on any atom is 0.134 e. The Bertz CT molecular complexity index is 351. The molecule has 0 bridgehead atoms. The smallest absolute Gasteiger partial charge is 0.134 e. The van der Waals surface area contributed by atoms with Gasteiger partial charge in [-0.3, -0.25) is 0 Å². The third-order valence-electron chi connectivity index (χ3n) is 2.88. The summed E-state index contributed by atoms with van der Waals surface area (Å²) in [5.74, 6) is -1.11. The predicted molar refractivity (Wildman–Crippen MR) is 66.5 cm³/mol. The maximum atomic E-state index is 13.6. The van der Waals surface area contributed by atoms with Crippen LogP contribution < -0.4 is 10.5 Å². The normalized spacial score (nSPS) is 13.8. The third kappa shape index (κ3) is 3.54. The standard InChI is InChI=1S/C12H17F2NO.ClH/c1-4-7(2)12(15)11-9(13)5-8(16-3)6-10(11)14;/h5-7,12H,4,15H2,1-3H3;1H/t7?,12-;/m1./s1. The van der Waals surface area contributed by atoms with Crippen molar-refractivity contribution in [3.63, 3.8) is 0 Å². The van der Waals surface area contributed by atoms with E-state index in [1.54, 1.807) is 0 Å². The molecule has 1 unspecified atom stereocenters. The molecule has 0 aliphatic carbocycles. The molecule has 2 nitrogen and oxygen atoms in total. The molecule has 0 aromatic heterocycles. The second-order valence-corrected chi connectivity index (χ2v) is 3.92. The first kappa shape index (κ1) is 16.1.